The van der Waals surface area contributed by atoms with E-state index in [-0.39, 0.29) is 5.41 Å². The summed E-state index contributed by atoms with van der Waals surface area (Å²) >= 11 is 0. The van der Waals surface area contributed by atoms with Gasteiger partial charge in [-0.25, -0.2) is 0 Å². The highest BCUT2D eigenvalue weighted by atomic mass is 16.3. The molecule has 0 unspecified atom stereocenters. The molecule has 298 valence electrons. The normalized spacial score (nSPS) is 13.3. The second kappa shape index (κ2) is 13.0. The summed E-state index contributed by atoms with van der Waals surface area (Å²) in [7, 11) is 0. The smallest absolute Gasteiger partial charge is 0.143 e. The molecule has 1 nitrogen and oxygen atoms in total. The molecular weight excluding hydrogens is 773 g/mol. The molecule has 14 rings (SSSR count). The van der Waals surface area contributed by atoms with Gasteiger partial charge in [-0.3, -0.25) is 0 Å². The predicted molar refractivity (Wildman–Crippen MR) is 272 cm³/mol. The Morgan fingerprint density at radius 2 is 0.781 bits per heavy atom. The number of furan rings is 1. The molecule has 0 N–H and O–H groups in total. The molecule has 1 aromatic heterocycles. The fourth-order valence-electron chi connectivity index (χ4n) is 11.4. The first-order valence-corrected chi connectivity index (χ1v) is 22.4. The van der Waals surface area contributed by atoms with Gasteiger partial charge in [-0.2, -0.15) is 0 Å². The minimum atomic E-state index is -0.142. The van der Waals surface area contributed by atoms with Crippen molar-refractivity contribution in [1.29, 1.82) is 0 Å². The van der Waals surface area contributed by atoms with Gasteiger partial charge < -0.3 is 4.42 Å². The summed E-state index contributed by atoms with van der Waals surface area (Å²) in [6.45, 7) is 4.74. The lowest BCUT2D eigenvalue weighted by Gasteiger charge is -2.22. The van der Waals surface area contributed by atoms with E-state index in [0.29, 0.717) is 0 Å². The van der Waals surface area contributed by atoms with E-state index in [2.05, 4.69) is 220 Å². The summed E-state index contributed by atoms with van der Waals surface area (Å²) in [4.78, 5) is 0. The largest absolute Gasteiger partial charge is 0.455 e. The summed E-state index contributed by atoms with van der Waals surface area (Å²) in [5.41, 5.74) is 16.7. The van der Waals surface area contributed by atoms with E-state index in [4.69, 9.17) is 4.42 Å². The third-order valence-electron chi connectivity index (χ3n) is 14.6. The van der Waals surface area contributed by atoms with Crippen LogP contribution < -0.4 is 0 Å². The van der Waals surface area contributed by atoms with Crippen molar-refractivity contribution in [3.05, 3.63) is 217 Å². The fourth-order valence-corrected chi connectivity index (χ4v) is 11.4. The zero-order chi connectivity index (χ0) is 42.3. The van der Waals surface area contributed by atoms with E-state index in [1.165, 1.54) is 115 Å². The van der Waals surface area contributed by atoms with Gasteiger partial charge in [0.2, 0.25) is 0 Å². The van der Waals surface area contributed by atoms with E-state index in [1.54, 1.807) is 0 Å². The molecule has 12 aromatic carbocycles. The van der Waals surface area contributed by atoms with Gasteiger partial charge in [0.15, 0.2) is 0 Å². The van der Waals surface area contributed by atoms with Crippen LogP contribution in [-0.2, 0) is 5.41 Å². The van der Waals surface area contributed by atoms with Gasteiger partial charge in [0.1, 0.15) is 11.2 Å². The van der Waals surface area contributed by atoms with Crippen LogP contribution in [0.3, 0.4) is 0 Å². The molecule has 0 bridgehead atoms. The molecule has 0 radical (unpaired) electrons. The minimum Gasteiger partial charge on any atom is -0.455 e. The van der Waals surface area contributed by atoms with Crippen LogP contribution in [0.1, 0.15) is 25.0 Å². The third-order valence-corrected chi connectivity index (χ3v) is 14.6. The van der Waals surface area contributed by atoms with Crippen LogP contribution >= 0.6 is 0 Å². The van der Waals surface area contributed by atoms with Crippen LogP contribution in [0.4, 0.5) is 0 Å². The molecule has 0 amide bonds. The average molecular weight is 813 g/mol. The molecule has 0 fully saturated rings. The lowest BCUT2D eigenvalue weighted by molar-refractivity contribution is 0.661. The SMILES string of the molecule is CC1(C)c2cc(-c3ccc(-c4ccc(-c5ccc6ccc7c(-c8ccccc8)ccc8ccc5c6c87)cc4)c4c3oc3cc5ccccc5cc34)ccc2-c2cc3ccccc3cc21. The Morgan fingerprint density at radius 3 is 1.45 bits per heavy atom. The van der Waals surface area contributed by atoms with Crippen molar-refractivity contribution in [2.75, 3.05) is 0 Å². The van der Waals surface area contributed by atoms with E-state index in [1.807, 2.05) is 0 Å². The monoisotopic (exact) mass is 812 g/mol. The molecule has 13 aromatic rings. The van der Waals surface area contributed by atoms with E-state index >= 15 is 0 Å². The van der Waals surface area contributed by atoms with Crippen molar-refractivity contribution in [3.8, 4) is 55.6 Å². The summed E-state index contributed by atoms with van der Waals surface area (Å²) in [6, 6.07) is 76.6. The Balaban J connectivity index is 0.919. The Bertz CT molecular complexity index is 4070. The molecule has 1 heteroatoms. The molecule has 64 heavy (non-hydrogen) atoms. The third kappa shape index (κ3) is 5.01. The standard InChI is InChI=1S/C63H40O/c1-63(2)56-35-46(24-27-51(56)54-32-42-12-6-8-14-44(42)34-57(54)63)50-31-30-49(61-55-33-43-13-7-9-15-45(43)36-58(55)64-62(50)61)39-18-16-38(17-19-39)48-26-21-41-22-28-52-47(37-10-4-3-5-11-37)25-20-40-23-29-53(48)60(41)59(40)52/h3-36H,1-2H3. The van der Waals surface area contributed by atoms with Gasteiger partial charge in [-0.15, -0.1) is 0 Å². The van der Waals surface area contributed by atoms with Crippen molar-refractivity contribution < 1.29 is 4.42 Å². The second-order valence-corrected chi connectivity index (χ2v) is 18.4. The highest BCUT2D eigenvalue weighted by Crippen LogP contribution is 2.52. The lowest BCUT2D eigenvalue weighted by Crippen LogP contribution is -2.15. The van der Waals surface area contributed by atoms with Gasteiger partial charge in [0.05, 0.1) is 0 Å². The highest BCUT2D eigenvalue weighted by Gasteiger charge is 2.36. The molecule has 0 spiro atoms. The number of fused-ring (bicyclic) bond motifs is 8. The first-order valence-electron chi connectivity index (χ1n) is 22.4. The van der Waals surface area contributed by atoms with Gasteiger partial charge >= 0.3 is 0 Å². The molecule has 0 saturated heterocycles. The van der Waals surface area contributed by atoms with Crippen molar-refractivity contribution in [2.45, 2.75) is 19.3 Å². The Kier molecular flexibility index (Phi) is 7.24. The van der Waals surface area contributed by atoms with Crippen LogP contribution in [0.2, 0.25) is 0 Å². The zero-order valence-corrected chi connectivity index (χ0v) is 35.5. The van der Waals surface area contributed by atoms with Crippen molar-refractivity contribution in [2.24, 2.45) is 0 Å². The molecule has 0 aliphatic heterocycles. The molecular formula is C63H40O. The van der Waals surface area contributed by atoms with Crippen molar-refractivity contribution in [3.63, 3.8) is 0 Å². The molecule has 1 aliphatic carbocycles. The number of rotatable bonds is 4. The highest BCUT2D eigenvalue weighted by molar-refractivity contribution is 6.27. The molecule has 0 saturated carbocycles. The summed E-state index contributed by atoms with van der Waals surface area (Å²) in [5, 5.41) is 15.0. The maximum atomic E-state index is 7.03. The molecule has 0 atom stereocenters. The van der Waals surface area contributed by atoms with Gasteiger partial charge in [-0.05, 0) is 151 Å². The summed E-state index contributed by atoms with van der Waals surface area (Å²) in [6.07, 6.45) is 0. The molecule has 1 aliphatic rings. The predicted octanol–water partition coefficient (Wildman–Crippen LogP) is 17.8. The van der Waals surface area contributed by atoms with Crippen LogP contribution in [0.5, 0.6) is 0 Å². The quantitative estimate of drug-likeness (QED) is 0.161. The molecule has 1 heterocycles. The van der Waals surface area contributed by atoms with Crippen LogP contribution in [-0.4, -0.2) is 0 Å². The van der Waals surface area contributed by atoms with E-state index in [9.17, 15) is 0 Å². The maximum Gasteiger partial charge on any atom is 0.143 e. The van der Waals surface area contributed by atoms with Crippen LogP contribution in [0, 0.1) is 0 Å². The topological polar surface area (TPSA) is 13.1 Å². The Morgan fingerprint density at radius 1 is 0.297 bits per heavy atom. The van der Waals surface area contributed by atoms with Gasteiger partial charge in [-0.1, -0.05) is 184 Å². The van der Waals surface area contributed by atoms with Crippen molar-refractivity contribution >= 4 is 75.8 Å². The number of benzene rings is 12. The average Bonchev–Trinajstić information content (AvgIpc) is 3.82. The van der Waals surface area contributed by atoms with E-state index in [0.717, 1.165) is 27.5 Å². The Labute approximate surface area is 370 Å². The number of hydrogen-bond acceptors (Lipinski definition) is 1. The van der Waals surface area contributed by atoms with Crippen LogP contribution in [0.25, 0.3) is 131 Å². The summed E-state index contributed by atoms with van der Waals surface area (Å²) < 4.78 is 7.03. The lowest BCUT2D eigenvalue weighted by atomic mass is 9.81. The first-order chi connectivity index (χ1) is 31.5. The zero-order valence-electron chi connectivity index (χ0n) is 35.5. The van der Waals surface area contributed by atoms with Gasteiger partial charge in [0.25, 0.3) is 0 Å². The number of hydrogen-bond donors (Lipinski definition) is 0. The van der Waals surface area contributed by atoms with Crippen LogP contribution in [0.15, 0.2) is 211 Å². The maximum absolute atomic E-state index is 7.03. The second-order valence-electron chi connectivity index (χ2n) is 18.4. The van der Waals surface area contributed by atoms with E-state index < -0.39 is 0 Å². The van der Waals surface area contributed by atoms with Gasteiger partial charge in [0, 0.05) is 21.8 Å². The minimum absolute atomic E-state index is 0.142. The summed E-state index contributed by atoms with van der Waals surface area (Å²) in [5.74, 6) is 0. The fraction of sp³-hybridized carbons (Fsp3) is 0.0476. The van der Waals surface area contributed by atoms with Crippen molar-refractivity contribution in [1.82, 2.24) is 0 Å². The Hall–Kier alpha value is -8.00. The first kappa shape index (κ1) is 35.6.